The molecule has 132 valence electrons. The second-order valence-corrected chi connectivity index (χ2v) is 5.42. The van der Waals surface area contributed by atoms with Crippen molar-refractivity contribution in [3.63, 3.8) is 0 Å². The summed E-state index contributed by atoms with van der Waals surface area (Å²) in [6, 6.07) is 21.5. The van der Waals surface area contributed by atoms with Gasteiger partial charge in [-0.15, -0.1) is 5.11 Å². The van der Waals surface area contributed by atoms with Crippen LogP contribution in [0.1, 0.15) is 5.56 Å². The molecule has 0 saturated heterocycles. The Labute approximate surface area is 148 Å². The van der Waals surface area contributed by atoms with Gasteiger partial charge in [0.05, 0.1) is 16.9 Å². The fourth-order valence-electron chi connectivity index (χ4n) is 2.26. The second-order valence-electron chi connectivity index (χ2n) is 5.42. The third kappa shape index (κ3) is 4.60. The van der Waals surface area contributed by atoms with Crippen LogP contribution in [0.25, 0.3) is 11.1 Å². The first kappa shape index (κ1) is 17.5. The number of hydrogen-bond donors (Lipinski definition) is 2. The first-order chi connectivity index (χ1) is 12.5. The van der Waals surface area contributed by atoms with Gasteiger partial charge in [-0.1, -0.05) is 47.7 Å². The van der Waals surface area contributed by atoms with E-state index in [-0.39, 0.29) is 0 Å². The third-order valence-electron chi connectivity index (χ3n) is 3.60. The standard InChI is InChI=1S/C19H15F3N4/c20-19(21,22)16-10-6-14(7-11-16)15-8-12-18(13-9-15)24-26-25-23-17-4-2-1-3-5-17/h1-13H,(H,23,26)(H,24,25). The number of hydrogen-bond acceptors (Lipinski definition) is 3. The molecule has 0 heterocycles. The van der Waals surface area contributed by atoms with Crippen molar-refractivity contribution in [2.75, 3.05) is 5.43 Å². The molecule has 3 rings (SSSR count). The van der Waals surface area contributed by atoms with Gasteiger partial charge in [0.2, 0.25) is 0 Å². The highest BCUT2D eigenvalue weighted by atomic mass is 19.4. The van der Waals surface area contributed by atoms with Gasteiger partial charge in [-0.3, -0.25) is 5.43 Å². The molecule has 0 aliphatic rings. The zero-order valence-corrected chi connectivity index (χ0v) is 13.5. The lowest BCUT2D eigenvalue weighted by Gasteiger charge is -2.09. The van der Waals surface area contributed by atoms with E-state index in [0.29, 0.717) is 5.56 Å². The Morgan fingerprint density at radius 2 is 1.27 bits per heavy atom. The van der Waals surface area contributed by atoms with Crippen molar-refractivity contribution in [3.8, 4) is 11.1 Å². The summed E-state index contributed by atoms with van der Waals surface area (Å²) in [5, 5.41) is 7.78. The highest BCUT2D eigenvalue weighted by Crippen LogP contribution is 2.31. The van der Waals surface area contributed by atoms with Crippen LogP contribution in [-0.2, 0) is 6.18 Å². The van der Waals surface area contributed by atoms with Gasteiger partial charge in [-0.25, -0.2) is 5.53 Å². The highest BCUT2D eigenvalue weighted by molar-refractivity contribution is 5.66. The van der Waals surface area contributed by atoms with E-state index in [2.05, 4.69) is 21.3 Å². The van der Waals surface area contributed by atoms with E-state index in [1.54, 1.807) is 24.3 Å². The van der Waals surface area contributed by atoms with E-state index < -0.39 is 11.7 Å². The summed E-state index contributed by atoms with van der Waals surface area (Å²) in [5.41, 5.74) is 7.81. The number of nitrogens with one attached hydrogen (secondary N) is 2. The minimum Gasteiger partial charge on any atom is -0.284 e. The minimum atomic E-state index is -4.33. The van der Waals surface area contributed by atoms with Gasteiger partial charge in [0.1, 0.15) is 0 Å². The van der Waals surface area contributed by atoms with Crippen molar-refractivity contribution in [1.29, 1.82) is 0 Å². The predicted molar refractivity (Wildman–Crippen MR) is 94.6 cm³/mol. The summed E-state index contributed by atoms with van der Waals surface area (Å²) in [6.07, 6.45) is -4.33. The molecule has 0 aromatic heterocycles. The number of nitrogens with zero attached hydrogens (tertiary/aromatic N) is 2. The molecule has 0 fully saturated rings. The van der Waals surface area contributed by atoms with Gasteiger partial charge < -0.3 is 0 Å². The SMILES string of the molecule is FC(F)(F)c1ccc(-c2ccc(NNN=Nc3ccccc3)cc2)cc1. The van der Waals surface area contributed by atoms with E-state index in [1.807, 2.05) is 30.3 Å². The molecule has 0 aliphatic carbocycles. The van der Waals surface area contributed by atoms with Crippen LogP contribution in [0.4, 0.5) is 24.5 Å². The molecule has 0 bridgehead atoms. The first-order valence-electron chi connectivity index (χ1n) is 7.77. The van der Waals surface area contributed by atoms with E-state index in [0.717, 1.165) is 29.1 Å². The molecule has 26 heavy (non-hydrogen) atoms. The van der Waals surface area contributed by atoms with Gasteiger partial charge in [-0.05, 0) is 47.5 Å². The van der Waals surface area contributed by atoms with Gasteiger partial charge in [0.25, 0.3) is 0 Å². The Kier molecular flexibility index (Phi) is 5.17. The lowest BCUT2D eigenvalue weighted by atomic mass is 10.0. The van der Waals surface area contributed by atoms with Crippen molar-refractivity contribution in [1.82, 2.24) is 5.53 Å². The lowest BCUT2D eigenvalue weighted by molar-refractivity contribution is -0.137. The highest BCUT2D eigenvalue weighted by Gasteiger charge is 2.29. The molecule has 0 aliphatic heterocycles. The van der Waals surface area contributed by atoms with Crippen molar-refractivity contribution >= 4 is 11.4 Å². The number of rotatable bonds is 5. The molecule has 0 saturated carbocycles. The molecule has 0 amide bonds. The van der Waals surface area contributed by atoms with Crippen LogP contribution >= 0.6 is 0 Å². The number of benzene rings is 3. The monoisotopic (exact) mass is 356 g/mol. The van der Waals surface area contributed by atoms with E-state index in [4.69, 9.17) is 0 Å². The van der Waals surface area contributed by atoms with Crippen LogP contribution in [-0.4, -0.2) is 0 Å². The normalized spacial score (nSPS) is 11.5. The predicted octanol–water partition coefficient (Wildman–Crippen LogP) is 5.99. The maximum absolute atomic E-state index is 12.6. The summed E-state index contributed by atoms with van der Waals surface area (Å²) in [5.74, 6) is 0. The van der Waals surface area contributed by atoms with E-state index in [9.17, 15) is 13.2 Å². The number of alkyl halides is 3. The van der Waals surface area contributed by atoms with Crippen LogP contribution in [0.5, 0.6) is 0 Å². The summed E-state index contributed by atoms with van der Waals surface area (Å²) >= 11 is 0. The molecule has 3 aromatic rings. The van der Waals surface area contributed by atoms with Crippen molar-refractivity contribution < 1.29 is 13.2 Å². The molecule has 4 nitrogen and oxygen atoms in total. The maximum atomic E-state index is 12.6. The third-order valence-corrected chi connectivity index (χ3v) is 3.60. The van der Waals surface area contributed by atoms with Gasteiger partial charge >= 0.3 is 6.18 Å². The quantitative estimate of drug-likeness (QED) is 0.436. The fraction of sp³-hybridized carbons (Fsp3) is 0.0526. The average molecular weight is 356 g/mol. The number of anilines is 1. The van der Waals surface area contributed by atoms with Crippen molar-refractivity contribution in [3.05, 3.63) is 84.4 Å². The molecule has 3 aromatic carbocycles. The summed E-state index contributed by atoms with van der Waals surface area (Å²) in [6.45, 7) is 0. The Morgan fingerprint density at radius 3 is 1.85 bits per heavy atom. The zero-order valence-electron chi connectivity index (χ0n) is 13.5. The largest absolute Gasteiger partial charge is 0.416 e. The molecule has 0 atom stereocenters. The maximum Gasteiger partial charge on any atom is 0.416 e. The number of halogens is 3. The minimum absolute atomic E-state index is 0.660. The molecule has 7 heteroatoms. The van der Waals surface area contributed by atoms with Crippen LogP contribution in [0.2, 0.25) is 0 Å². The Hall–Kier alpha value is -3.35. The zero-order chi connectivity index (χ0) is 18.4. The van der Waals surface area contributed by atoms with E-state index >= 15 is 0 Å². The Balaban J connectivity index is 1.59. The van der Waals surface area contributed by atoms with Crippen molar-refractivity contribution in [2.45, 2.75) is 6.18 Å². The summed E-state index contributed by atoms with van der Waals surface area (Å²) in [4.78, 5) is 0. The second kappa shape index (κ2) is 7.69. The average Bonchev–Trinajstić information content (AvgIpc) is 2.66. The topological polar surface area (TPSA) is 48.8 Å². The van der Waals surface area contributed by atoms with Gasteiger partial charge in [0.15, 0.2) is 0 Å². The van der Waals surface area contributed by atoms with Crippen LogP contribution in [0, 0.1) is 0 Å². The van der Waals surface area contributed by atoms with Crippen LogP contribution in [0.15, 0.2) is 89.2 Å². The molecular weight excluding hydrogens is 341 g/mol. The summed E-state index contributed by atoms with van der Waals surface area (Å²) in [7, 11) is 0. The van der Waals surface area contributed by atoms with Crippen LogP contribution < -0.4 is 11.0 Å². The lowest BCUT2D eigenvalue weighted by Crippen LogP contribution is -2.13. The molecule has 0 radical (unpaired) electrons. The molecule has 0 spiro atoms. The number of hydrazine groups is 1. The Bertz CT molecular complexity index is 858. The molecule has 0 unspecified atom stereocenters. The Morgan fingerprint density at radius 1 is 0.692 bits per heavy atom. The summed E-state index contributed by atoms with van der Waals surface area (Å²) < 4.78 is 37.8. The first-order valence-corrected chi connectivity index (χ1v) is 7.77. The van der Waals surface area contributed by atoms with Crippen molar-refractivity contribution in [2.24, 2.45) is 10.3 Å². The van der Waals surface area contributed by atoms with Gasteiger partial charge in [-0.2, -0.15) is 13.2 Å². The van der Waals surface area contributed by atoms with E-state index in [1.165, 1.54) is 12.1 Å². The van der Waals surface area contributed by atoms with Gasteiger partial charge in [0, 0.05) is 0 Å². The van der Waals surface area contributed by atoms with Crippen LogP contribution in [0.3, 0.4) is 0 Å². The fourth-order valence-corrected chi connectivity index (χ4v) is 2.26. The molecular formula is C19H15F3N4. The smallest absolute Gasteiger partial charge is 0.284 e. The molecule has 2 N–H and O–H groups in total.